The first-order valence-electron chi connectivity index (χ1n) is 11.5. The van der Waals surface area contributed by atoms with Crippen LogP contribution in [-0.4, -0.2) is 34.9 Å². The summed E-state index contributed by atoms with van der Waals surface area (Å²) in [6.07, 6.45) is 5.69. The molecule has 3 amide bonds. The molecule has 2 aliphatic rings. The first kappa shape index (κ1) is 22.1. The Balaban J connectivity index is 1.19. The smallest absolute Gasteiger partial charge is 0.317 e. The van der Waals surface area contributed by atoms with Crippen LogP contribution < -0.4 is 10.6 Å². The van der Waals surface area contributed by atoms with E-state index in [0.717, 1.165) is 28.8 Å². The molecule has 0 saturated heterocycles. The predicted molar refractivity (Wildman–Crippen MR) is 130 cm³/mol. The number of nitrogens with one attached hydrogen (secondary N) is 2. The van der Waals surface area contributed by atoms with Crippen molar-refractivity contribution in [2.75, 3.05) is 18.4 Å². The molecule has 2 N–H and O–H groups in total. The van der Waals surface area contributed by atoms with Crippen LogP contribution in [0.5, 0.6) is 0 Å². The highest BCUT2D eigenvalue weighted by Crippen LogP contribution is 2.48. The lowest BCUT2D eigenvalue weighted by Crippen LogP contribution is -2.43. The summed E-state index contributed by atoms with van der Waals surface area (Å²) in [7, 11) is 0. The molecule has 1 aromatic carbocycles. The van der Waals surface area contributed by atoms with E-state index < -0.39 is 0 Å². The van der Waals surface area contributed by atoms with E-state index in [4.69, 9.17) is 0 Å². The number of fused-ring (bicyclic) bond motifs is 1. The summed E-state index contributed by atoms with van der Waals surface area (Å²) < 4.78 is 0. The molecule has 1 aliphatic heterocycles. The van der Waals surface area contributed by atoms with Gasteiger partial charge in [-0.3, -0.25) is 9.78 Å². The maximum Gasteiger partial charge on any atom is 0.317 e. The van der Waals surface area contributed by atoms with E-state index in [1.807, 2.05) is 30.3 Å². The summed E-state index contributed by atoms with van der Waals surface area (Å²) in [6, 6.07) is 16.1. The zero-order valence-corrected chi connectivity index (χ0v) is 19.5. The summed E-state index contributed by atoms with van der Waals surface area (Å²) in [6.45, 7) is 1.52. The number of thiophene rings is 1. The van der Waals surface area contributed by atoms with Crippen molar-refractivity contribution in [1.82, 2.24) is 15.2 Å². The second-order valence-electron chi connectivity index (χ2n) is 8.68. The second kappa shape index (κ2) is 9.65. The number of carbonyl (C=O) groups excluding carboxylic acids is 2. The SMILES string of the molecule is N#Cc1c(NC(=O)C2CC2c2ccccc2)sc2c1CCN(C(=O)NCCc1cccnc1)C2. The molecule has 8 heteroatoms. The van der Waals surface area contributed by atoms with E-state index >= 15 is 0 Å². The molecule has 34 heavy (non-hydrogen) atoms. The maximum absolute atomic E-state index is 12.9. The van der Waals surface area contributed by atoms with Crippen LogP contribution in [-0.2, 0) is 24.2 Å². The number of nitrogens with zero attached hydrogens (tertiary/aromatic N) is 3. The first-order valence-corrected chi connectivity index (χ1v) is 12.3. The Morgan fingerprint density at radius 2 is 2.06 bits per heavy atom. The van der Waals surface area contributed by atoms with Crippen molar-refractivity contribution in [3.63, 3.8) is 0 Å². The molecule has 0 spiro atoms. The first-order chi connectivity index (χ1) is 16.6. The van der Waals surface area contributed by atoms with Gasteiger partial charge in [-0.25, -0.2) is 4.79 Å². The lowest BCUT2D eigenvalue weighted by molar-refractivity contribution is -0.117. The Morgan fingerprint density at radius 3 is 2.82 bits per heavy atom. The van der Waals surface area contributed by atoms with Crippen LogP contribution in [0.2, 0.25) is 0 Å². The molecule has 3 heterocycles. The number of aromatic nitrogens is 1. The van der Waals surface area contributed by atoms with Gasteiger partial charge in [0.15, 0.2) is 0 Å². The summed E-state index contributed by atoms with van der Waals surface area (Å²) in [5, 5.41) is 16.4. The van der Waals surface area contributed by atoms with Gasteiger partial charge >= 0.3 is 6.03 Å². The number of amides is 3. The van der Waals surface area contributed by atoms with Crippen molar-refractivity contribution >= 4 is 28.3 Å². The number of nitriles is 1. The fourth-order valence-electron chi connectivity index (χ4n) is 4.51. The zero-order valence-electron chi connectivity index (χ0n) is 18.7. The van der Waals surface area contributed by atoms with Gasteiger partial charge in [0.2, 0.25) is 5.91 Å². The molecule has 1 aliphatic carbocycles. The van der Waals surface area contributed by atoms with E-state index in [1.54, 1.807) is 17.3 Å². The van der Waals surface area contributed by atoms with E-state index in [2.05, 4.69) is 33.8 Å². The third-order valence-electron chi connectivity index (χ3n) is 6.46. The Bertz CT molecular complexity index is 1240. The predicted octanol–water partition coefficient (Wildman–Crippen LogP) is 4.07. The zero-order chi connectivity index (χ0) is 23.5. The number of hydrogen-bond donors (Lipinski definition) is 2. The molecule has 2 unspecified atom stereocenters. The molecule has 2 aromatic heterocycles. The van der Waals surface area contributed by atoms with Crippen LogP contribution in [0.1, 0.15) is 39.5 Å². The monoisotopic (exact) mass is 471 g/mol. The summed E-state index contributed by atoms with van der Waals surface area (Å²) in [5.74, 6) is 0.149. The Labute approximate surface area is 202 Å². The van der Waals surface area contributed by atoms with Crippen molar-refractivity contribution in [3.8, 4) is 6.07 Å². The Morgan fingerprint density at radius 1 is 1.21 bits per heavy atom. The highest BCUT2D eigenvalue weighted by molar-refractivity contribution is 7.16. The Kier molecular flexibility index (Phi) is 6.28. The molecular formula is C26H25N5O2S. The maximum atomic E-state index is 12.9. The minimum atomic E-state index is -0.115. The summed E-state index contributed by atoms with van der Waals surface area (Å²) >= 11 is 1.41. The largest absolute Gasteiger partial charge is 0.338 e. The average Bonchev–Trinajstić information content (AvgIpc) is 3.60. The lowest BCUT2D eigenvalue weighted by Gasteiger charge is -2.27. The minimum Gasteiger partial charge on any atom is -0.338 e. The van der Waals surface area contributed by atoms with Gasteiger partial charge in [0.25, 0.3) is 0 Å². The molecule has 1 fully saturated rings. The number of hydrogen-bond acceptors (Lipinski definition) is 5. The number of benzene rings is 1. The fraction of sp³-hybridized carbons (Fsp3) is 0.308. The Hall–Kier alpha value is -3.70. The van der Waals surface area contributed by atoms with Gasteiger partial charge in [0.1, 0.15) is 11.1 Å². The fourth-order valence-corrected chi connectivity index (χ4v) is 5.73. The van der Waals surface area contributed by atoms with Gasteiger partial charge in [-0.05, 0) is 47.9 Å². The van der Waals surface area contributed by atoms with E-state index in [0.29, 0.717) is 36.6 Å². The van der Waals surface area contributed by atoms with Crippen molar-refractivity contribution in [1.29, 1.82) is 5.26 Å². The lowest BCUT2D eigenvalue weighted by atomic mass is 10.0. The molecule has 1 saturated carbocycles. The molecule has 172 valence electrons. The number of anilines is 1. The van der Waals surface area contributed by atoms with Gasteiger partial charge in [-0.1, -0.05) is 36.4 Å². The number of carbonyl (C=O) groups is 2. The molecular weight excluding hydrogens is 446 g/mol. The topological polar surface area (TPSA) is 98.1 Å². The standard InChI is InChI=1S/C26H25N5O2S/c27-14-22-19-9-12-31(26(33)29-11-8-17-5-4-10-28-15-17)16-23(19)34-25(22)30-24(32)21-13-20(21)18-6-2-1-3-7-18/h1-7,10,15,20-21H,8-9,11-13,16H2,(H,29,33)(H,30,32). The van der Waals surface area contributed by atoms with Crippen molar-refractivity contribution < 1.29 is 9.59 Å². The number of rotatable bonds is 6. The third-order valence-corrected chi connectivity index (χ3v) is 7.59. The van der Waals surface area contributed by atoms with E-state index in [9.17, 15) is 14.9 Å². The number of pyridine rings is 1. The van der Waals surface area contributed by atoms with Crippen LogP contribution in [0.3, 0.4) is 0 Å². The molecule has 0 bridgehead atoms. The average molecular weight is 472 g/mol. The van der Waals surface area contributed by atoms with Crippen molar-refractivity contribution in [2.45, 2.75) is 31.7 Å². The van der Waals surface area contributed by atoms with Gasteiger partial charge in [-0.15, -0.1) is 11.3 Å². The van der Waals surface area contributed by atoms with Crippen molar-refractivity contribution in [3.05, 3.63) is 82.0 Å². The summed E-state index contributed by atoms with van der Waals surface area (Å²) in [5.41, 5.74) is 3.75. The molecule has 0 radical (unpaired) electrons. The molecule has 3 aromatic rings. The normalized spacial score (nSPS) is 18.5. The van der Waals surface area contributed by atoms with Crippen LogP contribution in [0.15, 0.2) is 54.9 Å². The molecule has 7 nitrogen and oxygen atoms in total. The van der Waals surface area contributed by atoms with Gasteiger partial charge in [0.05, 0.1) is 12.1 Å². The highest BCUT2D eigenvalue weighted by Gasteiger charge is 2.44. The van der Waals surface area contributed by atoms with E-state index in [-0.39, 0.29) is 23.8 Å². The quantitative estimate of drug-likeness (QED) is 0.566. The number of urea groups is 1. The second-order valence-corrected chi connectivity index (χ2v) is 9.79. The van der Waals surface area contributed by atoms with Crippen LogP contribution in [0.4, 0.5) is 9.80 Å². The summed E-state index contributed by atoms with van der Waals surface area (Å²) in [4.78, 5) is 32.4. The van der Waals surface area contributed by atoms with Gasteiger partial charge in [0, 0.05) is 36.3 Å². The van der Waals surface area contributed by atoms with Crippen LogP contribution in [0.25, 0.3) is 0 Å². The molecule has 2 atom stereocenters. The van der Waals surface area contributed by atoms with Crippen LogP contribution in [0, 0.1) is 17.2 Å². The van der Waals surface area contributed by atoms with Gasteiger partial charge in [-0.2, -0.15) is 5.26 Å². The highest BCUT2D eigenvalue weighted by atomic mass is 32.1. The molecule has 5 rings (SSSR count). The van der Waals surface area contributed by atoms with Gasteiger partial charge < -0.3 is 15.5 Å². The third kappa shape index (κ3) is 4.66. The minimum absolute atomic E-state index is 0.0334. The van der Waals surface area contributed by atoms with Crippen LogP contribution >= 0.6 is 11.3 Å². The van der Waals surface area contributed by atoms with Crippen molar-refractivity contribution in [2.24, 2.45) is 5.92 Å². The van der Waals surface area contributed by atoms with E-state index in [1.165, 1.54) is 16.9 Å².